The summed E-state index contributed by atoms with van der Waals surface area (Å²) in [4.78, 5) is 27.0. The second-order valence-electron chi connectivity index (χ2n) is 7.24. The molecular formula is C17H26N6O. The lowest BCUT2D eigenvalue weighted by Crippen LogP contribution is -2.54. The zero-order valence-electron chi connectivity index (χ0n) is 14.0. The van der Waals surface area contributed by atoms with E-state index in [1.54, 1.807) is 12.4 Å². The maximum atomic E-state index is 11.5. The minimum Gasteiger partial charge on any atom is -0.351 e. The average molecular weight is 330 g/mol. The second kappa shape index (κ2) is 6.55. The molecule has 7 nitrogen and oxygen atoms in total. The fourth-order valence-corrected chi connectivity index (χ4v) is 4.78. The van der Waals surface area contributed by atoms with Gasteiger partial charge >= 0.3 is 6.03 Å². The van der Waals surface area contributed by atoms with E-state index < -0.39 is 0 Å². The molecule has 2 amide bonds. The molecule has 1 aromatic heterocycles. The number of carbonyl (C=O) groups is 1. The van der Waals surface area contributed by atoms with Crippen molar-refractivity contribution in [3.8, 4) is 0 Å². The summed E-state index contributed by atoms with van der Waals surface area (Å²) in [5.74, 6) is 2.05. The Morgan fingerprint density at radius 1 is 1.08 bits per heavy atom. The van der Waals surface area contributed by atoms with E-state index in [-0.39, 0.29) is 6.03 Å². The molecule has 7 heteroatoms. The van der Waals surface area contributed by atoms with E-state index in [9.17, 15) is 4.79 Å². The summed E-state index contributed by atoms with van der Waals surface area (Å²) in [5, 5.41) is 0. The molecule has 1 aliphatic carbocycles. The van der Waals surface area contributed by atoms with E-state index in [1.807, 2.05) is 11.0 Å². The van der Waals surface area contributed by atoms with Gasteiger partial charge in [-0.25, -0.2) is 14.8 Å². The third-order valence-electron chi connectivity index (χ3n) is 5.99. The summed E-state index contributed by atoms with van der Waals surface area (Å²) in [6, 6.07) is 2.19. The van der Waals surface area contributed by atoms with E-state index in [0.29, 0.717) is 17.9 Å². The molecule has 3 aliphatic rings. The molecular weight excluding hydrogens is 304 g/mol. The van der Waals surface area contributed by atoms with Gasteiger partial charge in [-0.05, 0) is 30.7 Å². The van der Waals surface area contributed by atoms with E-state index in [0.717, 1.165) is 45.2 Å². The van der Waals surface area contributed by atoms with Gasteiger partial charge in [-0.1, -0.05) is 6.42 Å². The van der Waals surface area contributed by atoms with Gasteiger partial charge in [0.1, 0.15) is 0 Å². The first-order valence-electron chi connectivity index (χ1n) is 9.03. The maximum absolute atomic E-state index is 11.5. The van der Waals surface area contributed by atoms with E-state index >= 15 is 0 Å². The fraction of sp³-hybridized carbons (Fsp3) is 0.706. The SMILES string of the molecule is NC(=O)N1C[C@@H]2CCCC(N3CCN(c4ncccn4)CC3)[C@@H]2C1. The van der Waals surface area contributed by atoms with Crippen molar-refractivity contribution in [2.24, 2.45) is 17.6 Å². The zero-order valence-corrected chi connectivity index (χ0v) is 14.0. The number of nitrogens with two attached hydrogens (primary N) is 1. The largest absolute Gasteiger partial charge is 0.351 e. The molecule has 1 aromatic rings. The van der Waals surface area contributed by atoms with Gasteiger partial charge in [0.2, 0.25) is 5.95 Å². The molecule has 3 heterocycles. The van der Waals surface area contributed by atoms with Gasteiger partial charge in [0, 0.05) is 57.7 Å². The Balaban J connectivity index is 1.39. The second-order valence-corrected chi connectivity index (χ2v) is 7.24. The Bertz CT molecular complexity index is 574. The van der Waals surface area contributed by atoms with Crippen LogP contribution in [0.5, 0.6) is 0 Å². The van der Waals surface area contributed by atoms with Crippen LogP contribution in [0.25, 0.3) is 0 Å². The Labute approximate surface area is 142 Å². The lowest BCUT2D eigenvalue weighted by molar-refractivity contribution is 0.0827. The third kappa shape index (κ3) is 2.92. The quantitative estimate of drug-likeness (QED) is 0.867. The van der Waals surface area contributed by atoms with Crippen molar-refractivity contribution in [2.45, 2.75) is 25.3 Å². The molecule has 2 N–H and O–H groups in total. The maximum Gasteiger partial charge on any atom is 0.314 e. The van der Waals surface area contributed by atoms with E-state index in [4.69, 9.17) is 5.73 Å². The van der Waals surface area contributed by atoms with Crippen LogP contribution in [0.4, 0.5) is 10.7 Å². The van der Waals surface area contributed by atoms with Gasteiger partial charge in [0.25, 0.3) is 0 Å². The summed E-state index contributed by atoms with van der Waals surface area (Å²) in [6.45, 7) is 5.72. The predicted octanol–water partition coefficient (Wildman–Crippen LogP) is 0.778. The van der Waals surface area contributed by atoms with Crippen LogP contribution in [0.15, 0.2) is 18.5 Å². The van der Waals surface area contributed by atoms with Crippen molar-refractivity contribution in [2.75, 3.05) is 44.2 Å². The standard InChI is InChI=1S/C17H26N6O/c18-16(24)23-11-13-3-1-4-15(14(13)12-23)21-7-9-22(10-8-21)17-19-5-2-6-20-17/h2,5-6,13-15H,1,3-4,7-12H2,(H2,18,24)/t13-,14+,15?/m0/s1. The molecule has 2 aliphatic heterocycles. The number of fused-ring (bicyclic) bond motifs is 1. The molecule has 4 rings (SSSR count). The molecule has 130 valence electrons. The number of anilines is 1. The number of urea groups is 1. The Hall–Kier alpha value is -1.89. The highest BCUT2D eigenvalue weighted by atomic mass is 16.2. The number of nitrogens with zero attached hydrogens (tertiary/aromatic N) is 5. The topological polar surface area (TPSA) is 78.6 Å². The average Bonchev–Trinajstić information content (AvgIpc) is 3.07. The summed E-state index contributed by atoms with van der Waals surface area (Å²) < 4.78 is 0. The molecule has 0 radical (unpaired) electrons. The lowest BCUT2D eigenvalue weighted by atomic mass is 9.77. The first-order chi connectivity index (χ1) is 11.7. The van der Waals surface area contributed by atoms with Crippen LogP contribution < -0.4 is 10.6 Å². The normalized spacial score (nSPS) is 31.1. The molecule has 0 spiro atoms. The monoisotopic (exact) mass is 330 g/mol. The van der Waals surface area contributed by atoms with Crippen molar-refractivity contribution in [3.05, 3.63) is 18.5 Å². The summed E-state index contributed by atoms with van der Waals surface area (Å²) in [7, 11) is 0. The Morgan fingerprint density at radius 2 is 1.83 bits per heavy atom. The predicted molar refractivity (Wildman–Crippen MR) is 91.6 cm³/mol. The van der Waals surface area contributed by atoms with Crippen LogP contribution in [0.2, 0.25) is 0 Å². The van der Waals surface area contributed by atoms with Crippen molar-refractivity contribution in [3.63, 3.8) is 0 Å². The zero-order chi connectivity index (χ0) is 16.5. The molecule has 1 unspecified atom stereocenters. The summed E-state index contributed by atoms with van der Waals surface area (Å²) >= 11 is 0. The minimum atomic E-state index is -0.255. The summed E-state index contributed by atoms with van der Waals surface area (Å²) in [6.07, 6.45) is 7.35. The minimum absolute atomic E-state index is 0.255. The van der Waals surface area contributed by atoms with E-state index in [2.05, 4.69) is 19.8 Å². The molecule has 1 saturated carbocycles. The smallest absolute Gasteiger partial charge is 0.314 e. The molecule has 0 aromatic carbocycles. The molecule has 3 fully saturated rings. The number of likely N-dealkylation sites (tertiary alicyclic amines) is 1. The lowest BCUT2D eigenvalue weighted by Gasteiger charge is -2.44. The van der Waals surface area contributed by atoms with Gasteiger partial charge in [0.15, 0.2) is 0 Å². The highest BCUT2D eigenvalue weighted by Crippen LogP contribution is 2.39. The number of piperazine rings is 1. The van der Waals surface area contributed by atoms with Gasteiger partial charge < -0.3 is 15.5 Å². The number of primary amides is 1. The number of hydrogen-bond donors (Lipinski definition) is 1. The number of carbonyl (C=O) groups excluding carboxylic acids is 1. The van der Waals surface area contributed by atoms with E-state index in [1.165, 1.54) is 19.3 Å². The van der Waals surface area contributed by atoms with Gasteiger partial charge in [0.05, 0.1) is 0 Å². The molecule has 0 bridgehead atoms. The van der Waals surface area contributed by atoms with Crippen molar-refractivity contribution < 1.29 is 4.79 Å². The molecule has 2 saturated heterocycles. The number of hydrogen-bond acceptors (Lipinski definition) is 5. The fourth-order valence-electron chi connectivity index (χ4n) is 4.78. The van der Waals surface area contributed by atoms with Crippen LogP contribution in [0.3, 0.4) is 0 Å². The molecule has 24 heavy (non-hydrogen) atoms. The number of aromatic nitrogens is 2. The highest BCUT2D eigenvalue weighted by Gasteiger charge is 2.43. The van der Waals surface area contributed by atoms with Crippen LogP contribution >= 0.6 is 0 Å². The van der Waals surface area contributed by atoms with Crippen molar-refractivity contribution in [1.29, 1.82) is 0 Å². The number of amides is 2. The van der Waals surface area contributed by atoms with Gasteiger partial charge in [-0.3, -0.25) is 4.90 Å². The summed E-state index contributed by atoms with van der Waals surface area (Å²) in [5.41, 5.74) is 5.51. The number of rotatable bonds is 2. The first kappa shape index (κ1) is 15.6. The first-order valence-corrected chi connectivity index (χ1v) is 9.03. The van der Waals surface area contributed by atoms with Crippen LogP contribution in [0.1, 0.15) is 19.3 Å². The Kier molecular flexibility index (Phi) is 4.26. The van der Waals surface area contributed by atoms with Crippen LogP contribution in [-0.4, -0.2) is 71.1 Å². The Morgan fingerprint density at radius 3 is 2.54 bits per heavy atom. The van der Waals surface area contributed by atoms with Gasteiger partial charge in [-0.2, -0.15) is 0 Å². The van der Waals surface area contributed by atoms with Crippen molar-refractivity contribution >= 4 is 12.0 Å². The van der Waals surface area contributed by atoms with Crippen LogP contribution in [-0.2, 0) is 0 Å². The third-order valence-corrected chi connectivity index (χ3v) is 5.99. The van der Waals surface area contributed by atoms with Crippen LogP contribution in [0, 0.1) is 11.8 Å². The highest BCUT2D eigenvalue weighted by molar-refractivity contribution is 5.72. The van der Waals surface area contributed by atoms with Crippen molar-refractivity contribution in [1.82, 2.24) is 19.8 Å². The molecule has 3 atom stereocenters. The van der Waals surface area contributed by atoms with Gasteiger partial charge in [-0.15, -0.1) is 0 Å².